The Kier molecular flexibility index (Phi) is 20.4. The first-order valence-corrected chi connectivity index (χ1v) is 23.7. The Morgan fingerprint density at radius 1 is 0.953 bits per heavy atom. The maximum absolute atomic E-state index is 14.6. The molecule has 13 nitrogen and oxygen atoms in total. The number of carbonyl (C=O) groups excluding carboxylic acids is 4. The molecule has 14 heteroatoms. The smallest absolute Gasteiger partial charge is 0.245 e. The molecule has 0 aliphatic carbocycles. The molecule has 352 valence electrons. The lowest BCUT2D eigenvalue weighted by atomic mass is 9.89. The molecule has 3 N–H and O–H groups in total. The van der Waals surface area contributed by atoms with Gasteiger partial charge in [0.15, 0.2) is 0 Å². The molecule has 0 saturated carbocycles. The highest BCUT2D eigenvalue weighted by Crippen LogP contribution is 2.31. The summed E-state index contributed by atoms with van der Waals surface area (Å²) in [6.07, 6.45) is 4.09. The molecule has 0 bridgehead atoms. The predicted octanol–water partition coefficient (Wildman–Crippen LogP) is 6.77. The summed E-state index contributed by atoms with van der Waals surface area (Å²) in [5.41, 5.74) is 3.95. The second-order valence-corrected chi connectivity index (χ2v) is 18.8. The summed E-state index contributed by atoms with van der Waals surface area (Å²) >= 11 is 1.50. The maximum Gasteiger partial charge on any atom is 0.245 e. The highest BCUT2D eigenvalue weighted by atomic mass is 32.1. The van der Waals surface area contributed by atoms with Gasteiger partial charge in [-0.2, -0.15) is 0 Å². The molecular formula is C50H75N7O6S. The van der Waals surface area contributed by atoms with Crippen LogP contribution in [0.5, 0.6) is 0 Å². The van der Waals surface area contributed by atoms with Crippen molar-refractivity contribution in [1.82, 2.24) is 30.3 Å². The van der Waals surface area contributed by atoms with Crippen LogP contribution < -0.4 is 16.0 Å². The topological polar surface area (TPSA) is 145 Å². The largest absolute Gasteiger partial charge is 0.388 e. The van der Waals surface area contributed by atoms with Gasteiger partial charge in [0.25, 0.3) is 0 Å². The molecule has 1 aliphatic heterocycles. The summed E-state index contributed by atoms with van der Waals surface area (Å²) in [7, 11) is 8.71. The van der Waals surface area contributed by atoms with Crippen LogP contribution >= 0.6 is 11.3 Å². The van der Waals surface area contributed by atoms with Crippen LogP contribution in [0.1, 0.15) is 89.4 Å². The monoisotopic (exact) mass is 902 g/mol. The van der Waals surface area contributed by atoms with Gasteiger partial charge < -0.3 is 35.2 Å². The van der Waals surface area contributed by atoms with Crippen molar-refractivity contribution in [1.29, 1.82) is 0 Å². The molecule has 0 radical (unpaired) electrons. The third-order valence-electron chi connectivity index (χ3n) is 13.0. The summed E-state index contributed by atoms with van der Waals surface area (Å²) < 4.78 is 12.2. The van der Waals surface area contributed by atoms with Gasteiger partial charge in [0.2, 0.25) is 23.6 Å². The van der Waals surface area contributed by atoms with Gasteiger partial charge in [-0.3, -0.25) is 24.1 Å². The molecule has 1 fully saturated rings. The van der Waals surface area contributed by atoms with Gasteiger partial charge in [-0.25, -0.2) is 4.98 Å². The van der Waals surface area contributed by atoms with E-state index in [0.29, 0.717) is 31.5 Å². The van der Waals surface area contributed by atoms with Crippen LogP contribution in [0.4, 0.5) is 5.69 Å². The molecule has 64 heavy (non-hydrogen) atoms. The quantitative estimate of drug-likeness (QED) is 0.0786. The van der Waals surface area contributed by atoms with E-state index in [2.05, 4.69) is 53.5 Å². The third kappa shape index (κ3) is 13.7. The van der Waals surface area contributed by atoms with E-state index in [0.717, 1.165) is 41.1 Å². The summed E-state index contributed by atoms with van der Waals surface area (Å²) in [4.78, 5) is 67.1. The standard InChI is InChI=1S/C50H75N7O6S/c1-13-34(6)45(56(10)50(61)43(32(2)3)54-48(60)44(33(4)5)55(9)28-25-36-21-23-38(51-8)24-22-36)41(62-11)31-42(58)57-27-17-20-40(57)46(63-12)35(7)47(59)53-39(49-52-26-29-64-49)30-37-18-15-14-16-19-37/h14-16,18-19,21-24,26,29,32,34-35,39-41,43-46,51H,4,13,17,20,25,27-28,30-31H2,1-3,5-12H3,(H,53,59)(H,54,60). The Morgan fingerprint density at radius 2 is 1.64 bits per heavy atom. The Labute approximate surface area is 386 Å². The van der Waals surface area contributed by atoms with Crippen LogP contribution in [-0.4, -0.2) is 128 Å². The van der Waals surface area contributed by atoms with Crippen molar-refractivity contribution in [3.63, 3.8) is 0 Å². The number of nitrogens with zero attached hydrogens (tertiary/aromatic N) is 4. The zero-order valence-electron chi connectivity index (χ0n) is 40.1. The van der Waals surface area contributed by atoms with E-state index in [-0.39, 0.29) is 54.0 Å². The fourth-order valence-electron chi connectivity index (χ4n) is 9.10. The second kappa shape index (κ2) is 25.2. The van der Waals surface area contributed by atoms with E-state index in [1.807, 2.05) is 99.4 Å². The van der Waals surface area contributed by atoms with Crippen molar-refractivity contribution in [2.24, 2.45) is 17.8 Å². The first kappa shape index (κ1) is 52.0. The Bertz CT molecular complexity index is 1930. The highest BCUT2D eigenvalue weighted by molar-refractivity contribution is 7.09. The van der Waals surface area contributed by atoms with Crippen molar-refractivity contribution >= 4 is 40.7 Å². The lowest BCUT2D eigenvalue weighted by Crippen LogP contribution is -2.59. The SMILES string of the molecule is C=C(C)C(C(=O)NC(C(=O)N(C)C(C(C)CC)C(CC(=O)N1CCCC1C(OC)C(C)C(=O)NC(Cc1ccccc1)c1nccs1)OC)C(C)C)N(C)CCc1ccc(NC)cc1. The van der Waals surface area contributed by atoms with Gasteiger partial charge in [-0.05, 0) is 74.8 Å². The fourth-order valence-corrected chi connectivity index (χ4v) is 9.79. The number of ether oxygens (including phenoxy) is 2. The molecule has 1 aromatic heterocycles. The number of likely N-dealkylation sites (N-methyl/N-ethyl adjacent to an activating group) is 2. The van der Waals surface area contributed by atoms with Crippen molar-refractivity contribution in [2.75, 3.05) is 53.8 Å². The van der Waals surface area contributed by atoms with Crippen LogP contribution in [0.3, 0.4) is 0 Å². The number of benzene rings is 2. The summed E-state index contributed by atoms with van der Waals surface area (Å²) in [6, 6.07) is 15.6. The molecule has 4 amide bonds. The number of rotatable bonds is 25. The Hall–Kier alpha value is -4.63. The average Bonchev–Trinajstić information content (AvgIpc) is 4.01. The van der Waals surface area contributed by atoms with E-state index < -0.39 is 36.3 Å². The molecule has 1 saturated heterocycles. The van der Waals surface area contributed by atoms with E-state index in [9.17, 15) is 19.2 Å². The van der Waals surface area contributed by atoms with Crippen LogP contribution in [0.25, 0.3) is 0 Å². The van der Waals surface area contributed by atoms with Crippen molar-refractivity contribution in [3.8, 4) is 0 Å². The minimum atomic E-state index is -0.831. The Balaban J connectivity index is 1.46. The molecule has 4 rings (SSSR count). The number of amides is 4. The van der Waals surface area contributed by atoms with Crippen LogP contribution in [0, 0.1) is 17.8 Å². The number of methoxy groups -OCH3 is 2. The molecule has 2 aromatic carbocycles. The Morgan fingerprint density at radius 3 is 2.20 bits per heavy atom. The van der Waals surface area contributed by atoms with Gasteiger partial charge in [-0.1, -0.05) is 95.7 Å². The molecule has 9 unspecified atom stereocenters. The number of hydrogen-bond acceptors (Lipinski definition) is 10. The summed E-state index contributed by atoms with van der Waals surface area (Å²) in [5, 5.41) is 12.2. The van der Waals surface area contributed by atoms with E-state index in [1.54, 1.807) is 32.4 Å². The van der Waals surface area contributed by atoms with Crippen molar-refractivity contribution in [2.45, 2.75) is 122 Å². The number of carbonyl (C=O) groups is 4. The normalized spacial score (nSPS) is 17.8. The number of likely N-dealkylation sites (tertiary alicyclic amines) is 1. The summed E-state index contributed by atoms with van der Waals surface area (Å²) in [6.45, 7) is 16.9. The van der Waals surface area contributed by atoms with Crippen molar-refractivity contribution < 1.29 is 28.7 Å². The molecule has 2 heterocycles. The average molecular weight is 902 g/mol. The molecule has 1 aliphatic rings. The van der Waals surface area contributed by atoms with Crippen LogP contribution in [0.15, 0.2) is 78.3 Å². The van der Waals surface area contributed by atoms with Gasteiger partial charge >= 0.3 is 0 Å². The van der Waals surface area contributed by atoms with Crippen LogP contribution in [0.2, 0.25) is 0 Å². The van der Waals surface area contributed by atoms with E-state index in [1.165, 1.54) is 11.3 Å². The first-order valence-electron chi connectivity index (χ1n) is 22.8. The first-order chi connectivity index (χ1) is 30.6. The zero-order valence-corrected chi connectivity index (χ0v) is 41.0. The number of aromatic nitrogens is 1. The lowest BCUT2D eigenvalue weighted by Gasteiger charge is -2.41. The molecule has 3 aromatic rings. The number of nitrogens with one attached hydrogen (secondary N) is 3. The van der Waals surface area contributed by atoms with Crippen LogP contribution in [-0.2, 0) is 41.5 Å². The van der Waals surface area contributed by atoms with Crippen molar-refractivity contribution in [3.05, 3.63) is 94.5 Å². The van der Waals surface area contributed by atoms with Gasteiger partial charge in [-0.15, -0.1) is 11.3 Å². The lowest BCUT2D eigenvalue weighted by molar-refractivity contribution is -0.148. The number of hydrogen-bond donors (Lipinski definition) is 3. The minimum absolute atomic E-state index is 0.0265. The second-order valence-electron chi connectivity index (χ2n) is 17.9. The molecule has 0 spiro atoms. The molecular weight excluding hydrogens is 827 g/mol. The van der Waals surface area contributed by atoms with E-state index in [4.69, 9.17) is 9.47 Å². The molecule has 9 atom stereocenters. The minimum Gasteiger partial charge on any atom is -0.388 e. The zero-order chi connectivity index (χ0) is 47.1. The highest BCUT2D eigenvalue weighted by Gasteiger charge is 2.43. The predicted molar refractivity (Wildman–Crippen MR) is 257 cm³/mol. The maximum atomic E-state index is 14.6. The van der Waals surface area contributed by atoms with Gasteiger partial charge in [0.05, 0.1) is 42.7 Å². The number of anilines is 1. The van der Waals surface area contributed by atoms with E-state index >= 15 is 0 Å². The summed E-state index contributed by atoms with van der Waals surface area (Å²) in [5.74, 6) is -1.67. The van der Waals surface area contributed by atoms with Gasteiger partial charge in [0.1, 0.15) is 17.1 Å². The number of thiazole rings is 1. The van der Waals surface area contributed by atoms with Gasteiger partial charge in [0, 0.05) is 58.7 Å². The third-order valence-corrected chi connectivity index (χ3v) is 13.9. The fraction of sp³-hybridized carbons (Fsp3) is 0.580.